The van der Waals surface area contributed by atoms with Gasteiger partial charge >= 0.3 is 0 Å². The van der Waals surface area contributed by atoms with Crippen LogP contribution in [-0.4, -0.2) is 20.7 Å². The Morgan fingerprint density at radius 3 is 2.75 bits per heavy atom. The van der Waals surface area contributed by atoms with E-state index < -0.39 is 0 Å². The van der Waals surface area contributed by atoms with E-state index in [0.717, 1.165) is 22.0 Å². The van der Waals surface area contributed by atoms with Crippen LogP contribution in [0.5, 0.6) is 0 Å². The zero-order chi connectivity index (χ0) is 17.1. The van der Waals surface area contributed by atoms with Gasteiger partial charge in [-0.05, 0) is 32.0 Å². The summed E-state index contributed by atoms with van der Waals surface area (Å²) in [6, 6.07) is 9.07. The fraction of sp³-hybridized carbons (Fsp3) is 0.235. The number of hydrogen-bond donors (Lipinski definition) is 1. The highest BCUT2D eigenvalue weighted by molar-refractivity contribution is 7.09. The van der Waals surface area contributed by atoms with E-state index in [1.165, 1.54) is 11.3 Å². The molecule has 1 aromatic carbocycles. The van der Waals surface area contributed by atoms with E-state index in [-0.39, 0.29) is 11.9 Å². The number of carbonyl (C=O) groups is 1. The van der Waals surface area contributed by atoms with E-state index in [2.05, 4.69) is 15.4 Å². The van der Waals surface area contributed by atoms with Crippen molar-refractivity contribution in [2.24, 2.45) is 0 Å². The molecular formula is C17H17ClN4OS. The lowest BCUT2D eigenvalue weighted by Gasteiger charge is -2.13. The van der Waals surface area contributed by atoms with Crippen LogP contribution in [0, 0.1) is 6.92 Å². The maximum absolute atomic E-state index is 12.3. The molecule has 0 aliphatic rings. The van der Waals surface area contributed by atoms with Crippen molar-refractivity contribution in [1.29, 1.82) is 0 Å². The number of nitrogens with one attached hydrogen (secondary N) is 1. The Balaban J connectivity index is 1.62. The molecule has 0 aliphatic heterocycles. The molecule has 0 radical (unpaired) electrons. The second kappa shape index (κ2) is 7.15. The molecule has 1 unspecified atom stereocenters. The smallest absolute Gasteiger partial charge is 0.244 e. The van der Waals surface area contributed by atoms with Crippen molar-refractivity contribution >= 4 is 28.8 Å². The van der Waals surface area contributed by atoms with Crippen molar-refractivity contribution in [2.45, 2.75) is 26.4 Å². The summed E-state index contributed by atoms with van der Waals surface area (Å²) in [6.45, 7) is 4.16. The van der Waals surface area contributed by atoms with Crippen LogP contribution in [0.15, 0.2) is 41.9 Å². The van der Waals surface area contributed by atoms with E-state index >= 15 is 0 Å². The highest BCUT2D eigenvalue weighted by Crippen LogP contribution is 2.23. The second-order valence-corrected chi connectivity index (χ2v) is 6.82. The van der Waals surface area contributed by atoms with E-state index in [1.807, 2.05) is 49.6 Å². The fourth-order valence-corrected chi connectivity index (χ4v) is 3.22. The van der Waals surface area contributed by atoms with Crippen molar-refractivity contribution in [3.63, 3.8) is 0 Å². The van der Waals surface area contributed by atoms with Gasteiger partial charge in [0.25, 0.3) is 0 Å². The minimum atomic E-state index is -0.351. The minimum absolute atomic E-state index is 0.0787. The van der Waals surface area contributed by atoms with Crippen LogP contribution >= 0.6 is 22.9 Å². The maximum Gasteiger partial charge on any atom is 0.244 e. The quantitative estimate of drug-likeness (QED) is 0.751. The lowest BCUT2D eigenvalue weighted by Crippen LogP contribution is -2.31. The van der Waals surface area contributed by atoms with Gasteiger partial charge in [-0.1, -0.05) is 23.7 Å². The van der Waals surface area contributed by atoms with Gasteiger partial charge in [0, 0.05) is 27.9 Å². The van der Waals surface area contributed by atoms with Crippen LogP contribution in [0.4, 0.5) is 0 Å². The van der Waals surface area contributed by atoms with E-state index in [9.17, 15) is 4.79 Å². The molecule has 124 valence electrons. The van der Waals surface area contributed by atoms with Crippen LogP contribution in [0.2, 0.25) is 5.02 Å². The lowest BCUT2D eigenvalue weighted by molar-refractivity contribution is -0.124. The van der Waals surface area contributed by atoms with Crippen LogP contribution < -0.4 is 5.32 Å². The highest BCUT2D eigenvalue weighted by atomic mass is 35.5. The van der Waals surface area contributed by atoms with Gasteiger partial charge in [0.05, 0.1) is 12.2 Å². The summed E-state index contributed by atoms with van der Waals surface area (Å²) in [4.78, 5) is 16.8. The molecule has 0 saturated carbocycles. The van der Waals surface area contributed by atoms with E-state index in [4.69, 9.17) is 11.6 Å². The zero-order valence-electron chi connectivity index (χ0n) is 13.4. The summed E-state index contributed by atoms with van der Waals surface area (Å²) in [5, 5.41) is 10.6. The third-order valence-corrected chi connectivity index (χ3v) is 4.82. The fourth-order valence-electron chi connectivity index (χ4n) is 2.35. The predicted octanol–water partition coefficient (Wildman–Crippen LogP) is 3.85. The molecule has 5 nitrogen and oxygen atoms in total. The maximum atomic E-state index is 12.3. The van der Waals surface area contributed by atoms with Crippen LogP contribution in [0.25, 0.3) is 11.3 Å². The Bertz CT molecular complexity index is 840. The molecular weight excluding hydrogens is 344 g/mol. The summed E-state index contributed by atoms with van der Waals surface area (Å²) in [5.74, 6) is -0.0787. The van der Waals surface area contributed by atoms with Crippen LogP contribution in [0.3, 0.4) is 0 Å². The molecule has 24 heavy (non-hydrogen) atoms. The number of hydrogen-bond acceptors (Lipinski definition) is 4. The number of amides is 1. The number of halogens is 1. The van der Waals surface area contributed by atoms with Gasteiger partial charge in [-0.2, -0.15) is 5.10 Å². The molecule has 0 fully saturated rings. The van der Waals surface area contributed by atoms with Crippen molar-refractivity contribution in [3.8, 4) is 11.3 Å². The van der Waals surface area contributed by atoms with Crippen molar-refractivity contribution in [2.75, 3.05) is 0 Å². The van der Waals surface area contributed by atoms with Crippen LogP contribution in [-0.2, 0) is 11.3 Å². The molecule has 2 aromatic heterocycles. The molecule has 0 spiro atoms. The molecule has 7 heteroatoms. The largest absolute Gasteiger partial charge is 0.348 e. The number of rotatable bonds is 5. The normalized spacial score (nSPS) is 12.1. The first-order chi connectivity index (χ1) is 11.5. The molecule has 1 atom stereocenters. The van der Waals surface area contributed by atoms with Crippen molar-refractivity contribution in [3.05, 3.63) is 57.6 Å². The predicted molar refractivity (Wildman–Crippen MR) is 96.1 cm³/mol. The second-order valence-electron chi connectivity index (χ2n) is 5.44. The van der Waals surface area contributed by atoms with Gasteiger partial charge < -0.3 is 5.32 Å². The molecule has 3 rings (SSSR count). The Hall–Kier alpha value is -2.18. The Morgan fingerprint density at radius 1 is 1.33 bits per heavy atom. The summed E-state index contributed by atoms with van der Waals surface area (Å²) in [6.07, 6.45) is 1.69. The molecule has 0 saturated heterocycles. The van der Waals surface area contributed by atoms with Gasteiger partial charge in [-0.25, -0.2) is 4.98 Å². The third kappa shape index (κ3) is 3.66. The minimum Gasteiger partial charge on any atom is -0.348 e. The SMILES string of the molecule is Cc1ccnn1C(C)C(=O)NCc1nc(-c2ccc(Cl)cc2)cs1. The Morgan fingerprint density at radius 2 is 2.08 bits per heavy atom. The van der Waals surface area contributed by atoms with Crippen LogP contribution in [0.1, 0.15) is 23.7 Å². The number of benzene rings is 1. The van der Waals surface area contributed by atoms with Gasteiger partial charge in [0.2, 0.25) is 5.91 Å². The van der Waals surface area contributed by atoms with Crippen molar-refractivity contribution < 1.29 is 4.79 Å². The lowest BCUT2D eigenvalue weighted by atomic mass is 10.2. The van der Waals surface area contributed by atoms with Gasteiger partial charge in [-0.15, -0.1) is 11.3 Å². The average Bonchev–Trinajstić information content (AvgIpc) is 3.21. The Labute approximate surface area is 149 Å². The molecule has 2 heterocycles. The van der Waals surface area contributed by atoms with Gasteiger partial charge in [-0.3, -0.25) is 9.48 Å². The number of carbonyl (C=O) groups excluding carboxylic acids is 1. The third-order valence-electron chi connectivity index (χ3n) is 3.72. The first-order valence-corrected chi connectivity index (χ1v) is 8.78. The van der Waals surface area contributed by atoms with Gasteiger partial charge in [0.1, 0.15) is 11.0 Å². The number of aryl methyl sites for hydroxylation is 1. The first-order valence-electron chi connectivity index (χ1n) is 7.53. The topological polar surface area (TPSA) is 59.8 Å². The standard InChI is InChI=1S/C17H17ClN4OS/c1-11-7-8-20-22(11)12(2)17(23)19-9-16-21-15(10-24-16)13-3-5-14(18)6-4-13/h3-8,10,12H,9H2,1-2H3,(H,19,23). The first kappa shape index (κ1) is 16.7. The average molecular weight is 361 g/mol. The van der Waals surface area contributed by atoms with Crippen molar-refractivity contribution in [1.82, 2.24) is 20.1 Å². The molecule has 1 N–H and O–H groups in total. The monoisotopic (exact) mass is 360 g/mol. The summed E-state index contributed by atoms with van der Waals surface area (Å²) in [5.41, 5.74) is 2.85. The molecule has 1 amide bonds. The molecule has 0 aliphatic carbocycles. The Kier molecular flexibility index (Phi) is 4.97. The van der Waals surface area contributed by atoms with Gasteiger partial charge in [0.15, 0.2) is 0 Å². The highest BCUT2D eigenvalue weighted by Gasteiger charge is 2.17. The number of nitrogens with zero attached hydrogens (tertiary/aromatic N) is 3. The summed E-state index contributed by atoms with van der Waals surface area (Å²) in [7, 11) is 0. The number of aromatic nitrogens is 3. The molecule has 3 aromatic rings. The van der Waals surface area contributed by atoms with E-state index in [1.54, 1.807) is 10.9 Å². The summed E-state index contributed by atoms with van der Waals surface area (Å²) < 4.78 is 1.70. The summed E-state index contributed by atoms with van der Waals surface area (Å²) >= 11 is 7.42. The van der Waals surface area contributed by atoms with E-state index in [0.29, 0.717) is 11.6 Å². The molecule has 0 bridgehead atoms. The number of thiazole rings is 1. The zero-order valence-corrected chi connectivity index (χ0v) is 14.9.